The highest BCUT2D eigenvalue weighted by atomic mass is 16.5. The van der Waals surface area contributed by atoms with Crippen molar-refractivity contribution in [1.29, 1.82) is 0 Å². The number of hydrogen-bond donors (Lipinski definition) is 2. The molecular formula is C16H20N4O2. The number of carbonyl (C=O) groups excluding carboxylic acids is 1. The van der Waals surface area contributed by atoms with Crippen LogP contribution in [-0.2, 0) is 4.79 Å². The van der Waals surface area contributed by atoms with E-state index >= 15 is 0 Å². The smallest absolute Gasteiger partial charge is 0.225 e. The van der Waals surface area contributed by atoms with Gasteiger partial charge in [0.05, 0.1) is 6.10 Å². The number of rotatable bonds is 6. The number of anilines is 3. The lowest BCUT2D eigenvalue weighted by Crippen LogP contribution is -2.11. The van der Waals surface area contributed by atoms with Crippen LogP contribution < -0.4 is 15.4 Å². The summed E-state index contributed by atoms with van der Waals surface area (Å²) in [5, 5.41) is 13.8. The second-order valence-corrected chi connectivity index (χ2v) is 5.02. The molecule has 0 aliphatic heterocycles. The van der Waals surface area contributed by atoms with Crippen LogP contribution in [0.1, 0.15) is 27.2 Å². The molecule has 2 aromatic rings. The minimum absolute atomic E-state index is 0.0873. The summed E-state index contributed by atoms with van der Waals surface area (Å²) < 4.78 is 5.59. The molecule has 0 saturated carbocycles. The summed E-state index contributed by atoms with van der Waals surface area (Å²) in [5.41, 5.74) is 0.885. The first kappa shape index (κ1) is 15.8. The molecule has 0 spiro atoms. The van der Waals surface area contributed by atoms with Gasteiger partial charge in [-0.1, -0.05) is 6.92 Å². The van der Waals surface area contributed by atoms with Crippen molar-refractivity contribution in [2.24, 2.45) is 0 Å². The van der Waals surface area contributed by atoms with Crippen LogP contribution in [-0.4, -0.2) is 22.2 Å². The highest BCUT2D eigenvalue weighted by Crippen LogP contribution is 2.19. The van der Waals surface area contributed by atoms with Crippen LogP contribution in [0, 0.1) is 0 Å². The maximum absolute atomic E-state index is 11.3. The summed E-state index contributed by atoms with van der Waals surface area (Å²) in [4.78, 5) is 11.3. The molecule has 1 aromatic carbocycles. The van der Waals surface area contributed by atoms with Gasteiger partial charge in [0.1, 0.15) is 5.75 Å². The van der Waals surface area contributed by atoms with Gasteiger partial charge in [0.25, 0.3) is 0 Å². The standard InChI is InChI=1S/C16H20N4O2/c1-4-16(21)18-15-10-9-14(19-20-15)17-12-5-7-13(8-6-12)22-11(2)3/h5-11H,4H2,1-3H3,(H,17,19)(H,18,20,21). The molecule has 0 aliphatic rings. The summed E-state index contributed by atoms with van der Waals surface area (Å²) in [7, 11) is 0. The lowest BCUT2D eigenvalue weighted by Gasteiger charge is -2.10. The largest absolute Gasteiger partial charge is 0.491 e. The fourth-order valence-corrected chi connectivity index (χ4v) is 1.73. The van der Waals surface area contributed by atoms with Gasteiger partial charge in [-0.15, -0.1) is 10.2 Å². The third-order valence-electron chi connectivity index (χ3n) is 2.75. The van der Waals surface area contributed by atoms with Gasteiger partial charge in [0.2, 0.25) is 5.91 Å². The van der Waals surface area contributed by atoms with Crippen molar-refractivity contribution in [3.63, 3.8) is 0 Å². The van der Waals surface area contributed by atoms with E-state index in [1.807, 2.05) is 38.1 Å². The zero-order chi connectivity index (χ0) is 15.9. The molecule has 22 heavy (non-hydrogen) atoms. The highest BCUT2D eigenvalue weighted by Gasteiger charge is 2.03. The fourth-order valence-electron chi connectivity index (χ4n) is 1.73. The van der Waals surface area contributed by atoms with Gasteiger partial charge < -0.3 is 15.4 Å². The summed E-state index contributed by atoms with van der Waals surface area (Å²) in [6.45, 7) is 5.76. The number of hydrogen-bond acceptors (Lipinski definition) is 5. The van der Waals surface area contributed by atoms with Crippen LogP contribution in [0.4, 0.5) is 17.3 Å². The Kier molecular flexibility index (Phi) is 5.30. The zero-order valence-corrected chi connectivity index (χ0v) is 13.0. The van der Waals surface area contributed by atoms with Crippen LogP contribution in [0.25, 0.3) is 0 Å². The van der Waals surface area contributed by atoms with Gasteiger partial charge in [-0.2, -0.15) is 0 Å². The Morgan fingerprint density at radius 1 is 1.09 bits per heavy atom. The molecule has 0 radical (unpaired) electrons. The summed E-state index contributed by atoms with van der Waals surface area (Å²) in [6, 6.07) is 11.1. The lowest BCUT2D eigenvalue weighted by molar-refractivity contribution is -0.115. The molecule has 0 bridgehead atoms. The first-order valence-corrected chi connectivity index (χ1v) is 7.24. The molecule has 1 heterocycles. The van der Waals surface area contributed by atoms with E-state index in [2.05, 4.69) is 20.8 Å². The summed E-state index contributed by atoms with van der Waals surface area (Å²) >= 11 is 0. The van der Waals surface area contributed by atoms with Crippen LogP contribution >= 0.6 is 0 Å². The monoisotopic (exact) mass is 300 g/mol. The molecule has 2 N–H and O–H groups in total. The lowest BCUT2D eigenvalue weighted by atomic mass is 10.3. The van der Waals surface area contributed by atoms with E-state index in [0.717, 1.165) is 11.4 Å². The van der Waals surface area contributed by atoms with Crippen LogP contribution in [0.2, 0.25) is 0 Å². The van der Waals surface area contributed by atoms with Crippen molar-refractivity contribution >= 4 is 23.2 Å². The zero-order valence-electron chi connectivity index (χ0n) is 13.0. The maximum Gasteiger partial charge on any atom is 0.225 e. The van der Waals surface area contributed by atoms with E-state index in [1.165, 1.54) is 0 Å². The Labute approximate surface area is 129 Å². The van der Waals surface area contributed by atoms with Crippen molar-refractivity contribution in [1.82, 2.24) is 10.2 Å². The predicted octanol–water partition coefficient (Wildman–Crippen LogP) is 3.36. The first-order valence-electron chi connectivity index (χ1n) is 7.24. The van der Waals surface area contributed by atoms with E-state index in [-0.39, 0.29) is 12.0 Å². The van der Waals surface area contributed by atoms with E-state index in [9.17, 15) is 4.79 Å². The number of nitrogens with zero attached hydrogens (tertiary/aromatic N) is 2. The van der Waals surface area contributed by atoms with Crippen molar-refractivity contribution < 1.29 is 9.53 Å². The molecule has 0 aliphatic carbocycles. The minimum atomic E-state index is -0.0873. The molecule has 116 valence electrons. The van der Waals surface area contributed by atoms with Gasteiger partial charge in [0, 0.05) is 12.1 Å². The van der Waals surface area contributed by atoms with E-state index < -0.39 is 0 Å². The molecule has 1 amide bonds. The molecule has 6 nitrogen and oxygen atoms in total. The predicted molar refractivity (Wildman–Crippen MR) is 86.4 cm³/mol. The van der Waals surface area contributed by atoms with Crippen molar-refractivity contribution in [3.05, 3.63) is 36.4 Å². The number of amides is 1. The van der Waals surface area contributed by atoms with Crippen molar-refractivity contribution in [3.8, 4) is 5.75 Å². The van der Waals surface area contributed by atoms with Crippen LogP contribution in [0.5, 0.6) is 5.75 Å². The van der Waals surface area contributed by atoms with Crippen molar-refractivity contribution in [2.45, 2.75) is 33.3 Å². The van der Waals surface area contributed by atoms with Crippen LogP contribution in [0.15, 0.2) is 36.4 Å². The summed E-state index contributed by atoms with van der Waals surface area (Å²) in [6.07, 6.45) is 0.558. The number of nitrogens with one attached hydrogen (secondary N) is 2. The molecule has 6 heteroatoms. The minimum Gasteiger partial charge on any atom is -0.491 e. The quantitative estimate of drug-likeness (QED) is 0.855. The van der Waals surface area contributed by atoms with E-state index in [1.54, 1.807) is 19.1 Å². The third-order valence-corrected chi connectivity index (χ3v) is 2.75. The Morgan fingerprint density at radius 3 is 2.27 bits per heavy atom. The average Bonchev–Trinajstić information content (AvgIpc) is 2.50. The van der Waals surface area contributed by atoms with Gasteiger partial charge in [-0.05, 0) is 50.2 Å². The number of aromatic nitrogens is 2. The molecule has 2 rings (SSSR count). The van der Waals surface area contributed by atoms with Gasteiger partial charge in [-0.25, -0.2) is 0 Å². The van der Waals surface area contributed by atoms with E-state index in [4.69, 9.17) is 4.74 Å². The Balaban J connectivity index is 1.97. The van der Waals surface area contributed by atoms with Crippen LogP contribution in [0.3, 0.4) is 0 Å². The maximum atomic E-state index is 11.3. The van der Waals surface area contributed by atoms with Gasteiger partial charge in [-0.3, -0.25) is 4.79 Å². The highest BCUT2D eigenvalue weighted by molar-refractivity contribution is 5.89. The molecule has 0 saturated heterocycles. The van der Waals surface area contributed by atoms with E-state index in [0.29, 0.717) is 18.1 Å². The topological polar surface area (TPSA) is 76.1 Å². The molecule has 1 aromatic heterocycles. The average molecular weight is 300 g/mol. The Morgan fingerprint density at radius 2 is 1.73 bits per heavy atom. The number of ether oxygens (including phenoxy) is 1. The van der Waals surface area contributed by atoms with Gasteiger partial charge in [0.15, 0.2) is 11.6 Å². The second-order valence-electron chi connectivity index (χ2n) is 5.02. The number of benzene rings is 1. The van der Waals surface area contributed by atoms with Crippen molar-refractivity contribution in [2.75, 3.05) is 10.6 Å². The Hall–Kier alpha value is -2.63. The Bertz CT molecular complexity index is 609. The number of carbonyl (C=O) groups is 1. The molecule has 0 unspecified atom stereocenters. The normalized spacial score (nSPS) is 10.4. The summed E-state index contributed by atoms with van der Waals surface area (Å²) in [5.74, 6) is 1.78. The SMILES string of the molecule is CCC(=O)Nc1ccc(Nc2ccc(OC(C)C)cc2)nn1. The second kappa shape index (κ2) is 7.40. The molecular weight excluding hydrogens is 280 g/mol. The molecule has 0 fully saturated rings. The fraction of sp³-hybridized carbons (Fsp3) is 0.312. The molecule has 0 atom stereocenters. The first-order chi connectivity index (χ1) is 10.6. The van der Waals surface area contributed by atoms with Gasteiger partial charge >= 0.3 is 0 Å². The third kappa shape index (κ3) is 4.73.